The molecule has 0 atom stereocenters. The van der Waals surface area contributed by atoms with E-state index in [1.165, 1.54) is 0 Å². The molecule has 9 nitrogen and oxygen atoms in total. The van der Waals surface area contributed by atoms with Gasteiger partial charge >= 0.3 is 0 Å². The van der Waals surface area contributed by atoms with Gasteiger partial charge in [-0.2, -0.15) is 5.26 Å². The van der Waals surface area contributed by atoms with Crippen molar-refractivity contribution >= 4 is 11.8 Å². The molecule has 0 spiro atoms. The molecule has 0 saturated carbocycles. The SMILES string of the molecule is Cc1nccn1-c1ccc(N2CCN(c3nccc(C#N)n3)CC2)nn1. The highest BCUT2D eigenvalue weighted by atomic mass is 15.4. The highest BCUT2D eigenvalue weighted by Gasteiger charge is 2.20. The second kappa shape index (κ2) is 6.76. The zero-order valence-electron chi connectivity index (χ0n) is 14.3. The molecule has 4 heterocycles. The summed E-state index contributed by atoms with van der Waals surface area (Å²) in [6.45, 7) is 5.03. The number of rotatable bonds is 3. The molecule has 1 aliphatic heterocycles. The molecule has 0 aromatic carbocycles. The lowest BCUT2D eigenvalue weighted by molar-refractivity contribution is 0.630. The summed E-state index contributed by atoms with van der Waals surface area (Å²) in [6.07, 6.45) is 5.23. The van der Waals surface area contributed by atoms with E-state index in [9.17, 15) is 0 Å². The van der Waals surface area contributed by atoms with Gasteiger partial charge in [0.15, 0.2) is 11.6 Å². The Labute approximate surface area is 150 Å². The molecule has 0 aliphatic carbocycles. The minimum Gasteiger partial charge on any atom is -0.352 e. The monoisotopic (exact) mass is 347 g/mol. The van der Waals surface area contributed by atoms with Gasteiger partial charge in [-0.1, -0.05) is 0 Å². The third kappa shape index (κ3) is 3.04. The van der Waals surface area contributed by atoms with Crippen molar-refractivity contribution in [1.82, 2.24) is 29.7 Å². The fourth-order valence-electron chi connectivity index (χ4n) is 2.93. The maximum Gasteiger partial charge on any atom is 0.226 e. The number of aryl methyl sites for hydroxylation is 1. The molecule has 1 aliphatic rings. The van der Waals surface area contributed by atoms with E-state index in [0.29, 0.717) is 11.6 Å². The molecule has 0 N–H and O–H groups in total. The molecule has 0 radical (unpaired) electrons. The zero-order chi connectivity index (χ0) is 17.9. The van der Waals surface area contributed by atoms with Crippen LogP contribution in [0.25, 0.3) is 5.82 Å². The number of hydrogen-bond acceptors (Lipinski definition) is 8. The number of nitrogens with zero attached hydrogens (tertiary/aromatic N) is 9. The van der Waals surface area contributed by atoms with Crippen LogP contribution in [0, 0.1) is 18.3 Å². The average molecular weight is 347 g/mol. The van der Waals surface area contributed by atoms with Crippen LogP contribution >= 0.6 is 0 Å². The van der Waals surface area contributed by atoms with E-state index >= 15 is 0 Å². The van der Waals surface area contributed by atoms with Gasteiger partial charge in [-0.15, -0.1) is 10.2 Å². The third-order valence-corrected chi connectivity index (χ3v) is 4.35. The second-order valence-electron chi connectivity index (χ2n) is 5.92. The number of piperazine rings is 1. The molecule has 3 aromatic rings. The van der Waals surface area contributed by atoms with Crippen LogP contribution in [0.3, 0.4) is 0 Å². The summed E-state index contributed by atoms with van der Waals surface area (Å²) in [5, 5.41) is 17.6. The Morgan fingerprint density at radius 2 is 1.65 bits per heavy atom. The lowest BCUT2D eigenvalue weighted by atomic mass is 10.3. The van der Waals surface area contributed by atoms with E-state index in [1.807, 2.05) is 35.9 Å². The highest BCUT2D eigenvalue weighted by Crippen LogP contribution is 2.17. The van der Waals surface area contributed by atoms with Crippen LogP contribution in [0.4, 0.5) is 11.8 Å². The van der Waals surface area contributed by atoms with Gasteiger partial charge in [0.2, 0.25) is 5.95 Å². The van der Waals surface area contributed by atoms with E-state index in [2.05, 4.69) is 34.9 Å². The number of nitriles is 1. The van der Waals surface area contributed by atoms with Crippen LogP contribution in [0.1, 0.15) is 11.5 Å². The van der Waals surface area contributed by atoms with Gasteiger partial charge in [0.05, 0.1) is 0 Å². The minimum atomic E-state index is 0.383. The molecule has 0 amide bonds. The quantitative estimate of drug-likeness (QED) is 0.691. The fourth-order valence-corrected chi connectivity index (χ4v) is 2.93. The van der Waals surface area contributed by atoms with Gasteiger partial charge in [-0.05, 0) is 25.1 Å². The molecular formula is C17H17N9. The van der Waals surface area contributed by atoms with Crippen molar-refractivity contribution in [3.05, 3.63) is 48.3 Å². The van der Waals surface area contributed by atoms with Gasteiger partial charge < -0.3 is 9.80 Å². The summed E-state index contributed by atoms with van der Waals surface area (Å²) in [4.78, 5) is 17.0. The van der Waals surface area contributed by atoms with Crippen molar-refractivity contribution < 1.29 is 0 Å². The number of aromatic nitrogens is 6. The summed E-state index contributed by atoms with van der Waals surface area (Å²) in [7, 11) is 0. The minimum absolute atomic E-state index is 0.383. The first kappa shape index (κ1) is 16.0. The fraction of sp³-hybridized carbons (Fsp3) is 0.294. The van der Waals surface area contributed by atoms with Crippen molar-refractivity contribution in [2.75, 3.05) is 36.0 Å². The number of imidazole rings is 1. The molecule has 3 aromatic heterocycles. The Balaban J connectivity index is 1.43. The Morgan fingerprint density at radius 3 is 2.31 bits per heavy atom. The number of hydrogen-bond donors (Lipinski definition) is 0. The Kier molecular flexibility index (Phi) is 4.15. The van der Waals surface area contributed by atoms with Crippen molar-refractivity contribution in [3.8, 4) is 11.9 Å². The summed E-state index contributed by atoms with van der Waals surface area (Å²) in [5.41, 5.74) is 0.383. The molecule has 1 fully saturated rings. The van der Waals surface area contributed by atoms with Crippen molar-refractivity contribution in [2.24, 2.45) is 0 Å². The third-order valence-electron chi connectivity index (χ3n) is 4.35. The number of anilines is 2. The second-order valence-corrected chi connectivity index (χ2v) is 5.92. The summed E-state index contributed by atoms with van der Waals surface area (Å²) in [5.74, 6) is 3.07. The maximum atomic E-state index is 8.97. The Morgan fingerprint density at radius 1 is 0.923 bits per heavy atom. The first-order chi connectivity index (χ1) is 12.7. The van der Waals surface area contributed by atoms with Gasteiger partial charge in [-0.3, -0.25) is 4.57 Å². The van der Waals surface area contributed by atoms with Crippen LogP contribution in [0.2, 0.25) is 0 Å². The van der Waals surface area contributed by atoms with Crippen molar-refractivity contribution in [3.63, 3.8) is 0 Å². The predicted molar refractivity (Wildman–Crippen MR) is 95.1 cm³/mol. The van der Waals surface area contributed by atoms with Gasteiger partial charge in [0, 0.05) is 44.8 Å². The van der Waals surface area contributed by atoms with Crippen LogP contribution in [-0.4, -0.2) is 55.9 Å². The van der Waals surface area contributed by atoms with Crippen LogP contribution in [-0.2, 0) is 0 Å². The van der Waals surface area contributed by atoms with Gasteiger partial charge in [0.25, 0.3) is 0 Å². The normalized spacial score (nSPS) is 14.3. The van der Waals surface area contributed by atoms with E-state index < -0.39 is 0 Å². The Bertz CT molecular complexity index is 933. The summed E-state index contributed by atoms with van der Waals surface area (Å²) >= 11 is 0. The molecule has 1 saturated heterocycles. The smallest absolute Gasteiger partial charge is 0.226 e. The van der Waals surface area contributed by atoms with E-state index in [-0.39, 0.29) is 0 Å². The molecule has 0 unspecified atom stereocenters. The van der Waals surface area contributed by atoms with Crippen LogP contribution < -0.4 is 9.80 Å². The summed E-state index contributed by atoms with van der Waals surface area (Å²) < 4.78 is 1.90. The predicted octanol–water partition coefficient (Wildman–Crippen LogP) is 0.959. The van der Waals surface area contributed by atoms with E-state index in [4.69, 9.17) is 5.26 Å². The molecule has 130 valence electrons. The van der Waals surface area contributed by atoms with Crippen molar-refractivity contribution in [2.45, 2.75) is 6.92 Å². The van der Waals surface area contributed by atoms with E-state index in [1.54, 1.807) is 18.5 Å². The van der Waals surface area contributed by atoms with E-state index in [0.717, 1.165) is 43.6 Å². The van der Waals surface area contributed by atoms with Gasteiger partial charge in [0.1, 0.15) is 17.6 Å². The highest BCUT2D eigenvalue weighted by molar-refractivity contribution is 5.43. The summed E-state index contributed by atoms with van der Waals surface area (Å²) in [6, 6.07) is 7.58. The Hall–Kier alpha value is -3.54. The topological polar surface area (TPSA) is 99.7 Å². The lowest BCUT2D eigenvalue weighted by Crippen LogP contribution is -2.47. The average Bonchev–Trinajstić information content (AvgIpc) is 3.14. The molecule has 9 heteroatoms. The molecular weight excluding hydrogens is 330 g/mol. The van der Waals surface area contributed by atoms with Crippen LogP contribution in [0.15, 0.2) is 36.8 Å². The maximum absolute atomic E-state index is 8.97. The van der Waals surface area contributed by atoms with Crippen LogP contribution in [0.5, 0.6) is 0 Å². The molecule has 4 rings (SSSR count). The molecule has 26 heavy (non-hydrogen) atoms. The first-order valence-electron chi connectivity index (χ1n) is 8.32. The molecule has 0 bridgehead atoms. The van der Waals surface area contributed by atoms with Gasteiger partial charge in [-0.25, -0.2) is 15.0 Å². The standard InChI is InChI=1S/C17H17N9/c1-13-19-6-7-26(13)16-3-2-15(22-23-16)24-8-10-25(11-9-24)17-20-5-4-14(12-18)21-17/h2-7H,8-11H2,1H3. The zero-order valence-corrected chi connectivity index (χ0v) is 14.3. The largest absolute Gasteiger partial charge is 0.352 e. The first-order valence-corrected chi connectivity index (χ1v) is 8.32. The van der Waals surface area contributed by atoms with Crippen molar-refractivity contribution in [1.29, 1.82) is 5.26 Å². The lowest BCUT2D eigenvalue weighted by Gasteiger charge is -2.35.